The molecular weight excluding hydrogens is 216 g/mol. The van der Waals surface area contributed by atoms with Gasteiger partial charge in [-0.1, -0.05) is 5.16 Å². The van der Waals surface area contributed by atoms with Gasteiger partial charge in [-0.15, -0.1) is 0 Å². The summed E-state index contributed by atoms with van der Waals surface area (Å²) in [7, 11) is 0. The quantitative estimate of drug-likeness (QED) is 0.877. The number of hydrogen-bond donors (Lipinski definition) is 1. The lowest BCUT2D eigenvalue weighted by Gasteiger charge is -2.19. The molecule has 5 nitrogen and oxygen atoms in total. The average molecular weight is 232 g/mol. The third kappa shape index (κ3) is 3.35. The first-order chi connectivity index (χ1) is 8.04. The van der Waals surface area contributed by atoms with Crippen molar-refractivity contribution in [1.82, 2.24) is 20.4 Å². The van der Waals surface area contributed by atoms with Gasteiger partial charge >= 0.3 is 0 Å². The Kier molecular flexibility index (Phi) is 3.19. The molecule has 2 aromatic heterocycles. The molecule has 1 N–H and O–H groups in total. The summed E-state index contributed by atoms with van der Waals surface area (Å²) in [5.74, 6) is 0.642. The lowest BCUT2D eigenvalue weighted by atomic mass is 10.1. The summed E-state index contributed by atoms with van der Waals surface area (Å²) in [5.41, 5.74) is 1.62. The Labute approximate surface area is 100 Å². The summed E-state index contributed by atoms with van der Waals surface area (Å²) in [6.45, 7) is 7.00. The van der Waals surface area contributed by atoms with Gasteiger partial charge in [-0.25, -0.2) is 4.98 Å². The van der Waals surface area contributed by atoms with Gasteiger partial charge in [-0.2, -0.15) is 0 Å². The van der Waals surface area contributed by atoms with E-state index in [-0.39, 0.29) is 5.54 Å². The molecule has 0 spiro atoms. The Bertz CT molecular complexity index is 473. The number of hydrogen-bond acceptors (Lipinski definition) is 5. The molecule has 0 bridgehead atoms. The summed E-state index contributed by atoms with van der Waals surface area (Å²) in [5, 5.41) is 7.33. The van der Waals surface area contributed by atoms with E-state index in [9.17, 15) is 0 Å². The van der Waals surface area contributed by atoms with E-state index < -0.39 is 0 Å². The van der Waals surface area contributed by atoms with Gasteiger partial charge in [0.05, 0.1) is 11.9 Å². The maximum atomic E-state index is 5.22. The zero-order chi connectivity index (χ0) is 12.3. The minimum Gasteiger partial charge on any atom is -0.354 e. The largest absolute Gasteiger partial charge is 0.354 e. The van der Waals surface area contributed by atoms with Gasteiger partial charge < -0.3 is 9.84 Å². The van der Waals surface area contributed by atoms with Crippen LogP contribution < -0.4 is 5.32 Å². The molecule has 0 saturated heterocycles. The van der Waals surface area contributed by atoms with Gasteiger partial charge in [0.15, 0.2) is 5.76 Å². The first-order valence-corrected chi connectivity index (χ1v) is 5.51. The monoisotopic (exact) mass is 232 g/mol. The number of aromatic nitrogens is 3. The van der Waals surface area contributed by atoms with Crippen LogP contribution in [0.3, 0.4) is 0 Å². The van der Waals surface area contributed by atoms with Gasteiger partial charge in [-0.3, -0.25) is 4.98 Å². The molecule has 0 fully saturated rings. The second-order valence-electron chi connectivity index (χ2n) is 4.88. The van der Waals surface area contributed by atoms with E-state index in [1.165, 1.54) is 0 Å². The molecule has 2 heterocycles. The van der Waals surface area contributed by atoms with Crippen molar-refractivity contribution < 1.29 is 4.52 Å². The molecule has 0 atom stereocenters. The second kappa shape index (κ2) is 4.63. The van der Waals surface area contributed by atoms with Gasteiger partial charge in [0.1, 0.15) is 5.69 Å². The Morgan fingerprint density at radius 3 is 2.76 bits per heavy atom. The molecule has 2 rings (SSSR count). The van der Waals surface area contributed by atoms with Crippen molar-refractivity contribution in [2.45, 2.75) is 32.9 Å². The van der Waals surface area contributed by atoms with Crippen LogP contribution in [0.15, 0.2) is 29.2 Å². The maximum absolute atomic E-state index is 5.22. The number of rotatable bonds is 3. The van der Waals surface area contributed by atoms with E-state index in [4.69, 9.17) is 4.52 Å². The normalized spacial score (nSPS) is 11.7. The van der Waals surface area contributed by atoms with Gasteiger partial charge in [0.2, 0.25) is 0 Å². The fourth-order valence-corrected chi connectivity index (χ4v) is 1.30. The van der Waals surface area contributed by atoms with Gasteiger partial charge in [0.25, 0.3) is 0 Å². The number of nitrogens with zero attached hydrogens (tertiary/aromatic N) is 3. The lowest BCUT2D eigenvalue weighted by molar-refractivity contribution is 0.392. The molecule has 0 unspecified atom stereocenters. The van der Waals surface area contributed by atoms with Crippen LogP contribution in [-0.4, -0.2) is 20.7 Å². The van der Waals surface area contributed by atoms with E-state index in [1.807, 2.05) is 6.07 Å². The summed E-state index contributed by atoms with van der Waals surface area (Å²) in [6.07, 6.45) is 4.91. The molecule has 5 heteroatoms. The Balaban J connectivity index is 2.07. The Morgan fingerprint density at radius 1 is 1.29 bits per heavy atom. The van der Waals surface area contributed by atoms with E-state index in [0.717, 1.165) is 5.69 Å². The molecule has 0 amide bonds. The van der Waals surface area contributed by atoms with Crippen molar-refractivity contribution in [3.63, 3.8) is 0 Å². The molecule has 90 valence electrons. The van der Waals surface area contributed by atoms with Crippen LogP contribution in [0, 0.1) is 0 Å². The molecule has 2 aromatic rings. The van der Waals surface area contributed by atoms with Crippen molar-refractivity contribution in [3.8, 4) is 11.5 Å². The standard InChI is InChI=1S/C12H16N4O/c1-12(2,3)15-7-9-6-11(17-16-9)10-8-13-4-5-14-10/h4-6,8,15H,7H2,1-3H3. The van der Waals surface area contributed by atoms with Crippen LogP contribution in [0.1, 0.15) is 26.5 Å². The fraction of sp³-hybridized carbons (Fsp3) is 0.417. The molecule has 0 aromatic carbocycles. The van der Waals surface area contributed by atoms with Crippen molar-refractivity contribution in [2.24, 2.45) is 0 Å². The molecular formula is C12H16N4O. The van der Waals surface area contributed by atoms with E-state index in [0.29, 0.717) is 18.0 Å². The summed E-state index contributed by atoms with van der Waals surface area (Å²) < 4.78 is 5.22. The molecule has 0 aliphatic rings. The lowest BCUT2D eigenvalue weighted by Crippen LogP contribution is -2.35. The summed E-state index contributed by atoms with van der Waals surface area (Å²) >= 11 is 0. The second-order valence-corrected chi connectivity index (χ2v) is 4.88. The zero-order valence-electron chi connectivity index (χ0n) is 10.3. The van der Waals surface area contributed by atoms with Crippen LogP contribution in [0.4, 0.5) is 0 Å². The highest BCUT2D eigenvalue weighted by molar-refractivity contribution is 5.49. The topological polar surface area (TPSA) is 63.8 Å². The molecule has 0 radical (unpaired) electrons. The Hall–Kier alpha value is -1.75. The minimum absolute atomic E-state index is 0.0612. The fourth-order valence-electron chi connectivity index (χ4n) is 1.30. The molecule has 17 heavy (non-hydrogen) atoms. The van der Waals surface area contributed by atoms with Crippen LogP contribution in [-0.2, 0) is 6.54 Å². The van der Waals surface area contributed by atoms with E-state index in [1.54, 1.807) is 18.6 Å². The van der Waals surface area contributed by atoms with E-state index in [2.05, 4.69) is 41.2 Å². The van der Waals surface area contributed by atoms with Gasteiger partial charge in [-0.05, 0) is 20.8 Å². The highest BCUT2D eigenvalue weighted by atomic mass is 16.5. The third-order valence-electron chi connectivity index (χ3n) is 2.17. The predicted octanol–water partition coefficient (Wildman–Crippen LogP) is 2.02. The average Bonchev–Trinajstić information content (AvgIpc) is 2.75. The minimum atomic E-state index is 0.0612. The first-order valence-electron chi connectivity index (χ1n) is 5.51. The van der Waals surface area contributed by atoms with Crippen molar-refractivity contribution >= 4 is 0 Å². The van der Waals surface area contributed by atoms with Crippen molar-refractivity contribution in [3.05, 3.63) is 30.4 Å². The highest BCUT2D eigenvalue weighted by Crippen LogP contribution is 2.16. The van der Waals surface area contributed by atoms with Crippen molar-refractivity contribution in [1.29, 1.82) is 0 Å². The summed E-state index contributed by atoms with van der Waals surface area (Å²) in [4.78, 5) is 8.14. The van der Waals surface area contributed by atoms with Gasteiger partial charge in [0, 0.05) is 30.5 Å². The van der Waals surface area contributed by atoms with Crippen molar-refractivity contribution in [2.75, 3.05) is 0 Å². The molecule has 0 aliphatic heterocycles. The third-order valence-corrected chi connectivity index (χ3v) is 2.17. The first kappa shape index (κ1) is 11.7. The number of nitrogens with one attached hydrogen (secondary N) is 1. The van der Waals surface area contributed by atoms with Crippen LogP contribution in [0.2, 0.25) is 0 Å². The van der Waals surface area contributed by atoms with E-state index >= 15 is 0 Å². The maximum Gasteiger partial charge on any atom is 0.187 e. The summed E-state index contributed by atoms with van der Waals surface area (Å²) in [6, 6.07) is 1.88. The van der Waals surface area contributed by atoms with Crippen LogP contribution in [0.25, 0.3) is 11.5 Å². The SMILES string of the molecule is CC(C)(C)NCc1cc(-c2cnccn2)on1. The van der Waals surface area contributed by atoms with Crippen LogP contribution >= 0.6 is 0 Å². The highest BCUT2D eigenvalue weighted by Gasteiger charge is 2.12. The zero-order valence-corrected chi connectivity index (χ0v) is 10.3. The molecule has 0 aliphatic carbocycles. The Morgan fingerprint density at radius 2 is 2.12 bits per heavy atom. The molecule has 0 saturated carbocycles. The predicted molar refractivity (Wildman–Crippen MR) is 64.1 cm³/mol. The smallest absolute Gasteiger partial charge is 0.187 e. The van der Waals surface area contributed by atoms with Crippen LogP contribution in [0.5, 0.6) is 0 Å².